The van der Waals surface area contributed by atoms with Gasteiger partial charge >= 0.3 is 12.1 Å². The van der Waals surface area contributed by atoms with Crippen LogP contribution >= 0.6 is 11.8 Å². The standard InChI is InChI=1S/C8H13F3O3S/c1-5(3-12)4-15-6(2-7(13)14)8(9,10)11/h5-6,12H,2-4H2,1H3,(H,13,14). The average molecular weight is 246 g/mol. The van der Waals surface area contributed by atoms with Crippen LogP contribution < -0.4 is 0 Å². The van der Waals surface area contributed by atoms with E-state index in [1.54, 1.807) is 6.92 Å². The fourth-order valence-electron chi connectivity index (χ4n) is 0.761. The maximum Gasteiger partial charge on any atom is 0.401 e. The third kappa shape index (κ3) is 6.62. The number of thioether (sulfide) groups is 1. The predicted octanol–water partition coefficient (Wildman–Crippen LogP) is 1.75. The molecule has 0 heterocycles. The van der Waals surface area contributed by atoms with Crippen LogP contribution in [0.2, 0.25) is 0 Å². The molecule has 15 heavy (non-hydrogen) atoms. The number of carboxylic acids is 1. The normalized spacial score (nSPS) is 16.1. The Hall–Kier alpha value is -0.430. The van der Waals surface area contributed by atoms with Gasteiger partial charge in [-0.05, 0) is 11.7 Å². The van der Waals surface area contributed by atoms with Crippen molar-refractivity contribution in [2.75, 3.05) is 12.4 Å². The van der Waals surface area contributed by atoms with Gasteiger partial charge in [0, 0.05) is 6.61 Å². The topological polar surface area (TPSA) is 57.5 Å². The van der Waals surface area contributed by atoms with E-state index < -0.39 is 23.8 Å². The van der Waals surface area contributed by atoms with Crippen LogP contribution in [0.15, 0.2) is 0 Å². The lowest BCUT2D eigenvalue weighted by molar-refractivity contribution is -0.149. The van der Waals surface area contributed by atoms with Crippen LogP contribution in [-0.2, 0) is 4.79 Å². The number of carboxylic acid groups (broad SMARTS) is 1. The highest BCUT2D eigenvalue weighted by atomic mass is 32.2. The van der Waals surface area contributed by atoms with Crippen molar-refractivity contribution >= 4 is 17.7 Å². The monoisotopic (exact) mass is 246 g/mol. The summed E-state index contributed by atoms with van der Waals surface area (Å²) in [5.41, 5.74) is 0. The van der Waals surface area contributed by atoms with E-state index in [4.69, 9.17) is 10.2 Å². The summed E-state index contributed by atoms with van der Waals surface area (Å²) in [5.74, 6) is -1.65. The molecule has 0 saturated heterocycles. The Morgan fingerprint density at radius 1 is 1.47 bits per heavy atom. The van der Waals surface area contributed by atoms with Gasteiger partial charge in [0.2, 0.25) is 0 Å². The molecule has 0 radical (unpaired) electrons. The molecule has 3 nitrogen and oxygen atoms in total. The number of hydrogen-bond donors (Lipinski definition) is 2. The molecule has 0 aromatic heterocycles. The van der Waals surface area contributed by atoms with E-state index in [-0.39, 0.29) is 18.3 Å². The number of aliphatic carboxylic acids is 1. The van der Waals surface area contributed by atoms with Crippen molar-refractivity contribution in [3.05, 3.63) is 0 Å². The second-order valence-electron chi connectivity index (χ2n) is 3.25. The van der Waals surface area contributed by atoms with Gasteiger partial charge in [-0.15, -0.1) is 11.8 Å². The molecule has 90 valence electrons. The molecular weight excluding hydrogens is 233 g/mol. The molecule has 0 amide bonds. The maximum absolute atomic E-state index is 12.3. The number of aliphatic hydroxyl groups excluding tert-OH is 1. The molecule has 0 aliphatic rings. The smallest absolute Gasteiger partial charge is 0.401 e. The fraction of sp³-hybridized carbons (Fsp3) is 0.875. The summed E-state index contributed by atoms with van der Waals surface area (Å²) in [7, 11) is 0. The molecule has 2 unspecified atom stereocenters. The van der Waals surface area contributed by atoms with Gasteiger partial charge in [-0.25, -0.2) is 0 Å². The summed E-state index contributed by atoms with van der Waals surface area (Å²) >= 11 is 0.524. The molecule has 0 saturated carbocycles. The molecule has 2 atom stereocenters. The molecule has 0 aromatic rings. The second-order valence-corrected chi connectivity index (χ2v) is 4.48. The minimum absolute atomic E-state index is 0.0912. The highest BCUT2D eigenvalue weighted by Gasteiger charge is 2.41. The van der Waals surface area contributed by atoms with E-state index in [0.29, 0.717) is 11.8 Å². The summed E-state index contributed by atoms with van der Waals surface area (Å²) in [6.07, 6.45) is -5.45. The van der Waals surface area contributed by atoms with Gasteiger partial charge in [0.05, 0.1) is 6.42 Å². The molecule has 2 N–H and O–H groups in total. The first kappa shape index (κ1) is 14.6. The number of carbonyl (C=O) groups is 1. The predicted molar refractivity (Wildman–Crippen MR) is 50.8 cm³/mol. The quantitative estimate of drug-likeness (QED) is 0.749. The summed E-state index contributed by atoms with van der Waals surface area (Å²) in [5, 5.41) is 15.0. The zero-order valence-corrected chi connectivity index (χ0v) is 8.94. The van der Waals surface area contributed by atoms with Crippen molar-refractivity contribution in [2.45, 2.75) is 24.8 Å². The van der Waals surface area contributed by atoms with Gasteiger partial charge in [-0.1, -0.05) is 6.92 Å². The van der Waals surface area contributed by atoms with Gasteiger partial charge in [-0.3, -0.25) is 4.79 Å². The highest BCUT2D eigenvalue weighted by Crippen LogP contribution is 2.33. The molecule has 0 aromatic carbocycles. The van der Waals surface area contributed by atoms with Crippen LogP contribution in [0, 0.1) is 5.92 Å². The minimum atomic E-state index is -4.52. The Bertz CT molecular complexity index is 208. The second kappa shape index (κ2) is 6.22. The summed E-state index contributed by atoms with van der Waals surface area (Å²) < 4.78 is 36.9. The third-order valence-electron chi connectivity index (χ3n) is 1.62. The Morgan fingerprint density at radius 3 is 2.33 bits per heavy atom. The fourth-order valence-corrected chi connectivity index (χ4v) is 1.88. The van der Waals surface area contributed by atoms with Crippen LogP contribution in [-0.4, -0.2) is 40.0 Å². The minimum Gasteiger partial charge on any atom is -0.481 e. The molecular formula is C8H13F3O3S. The summed E-state index contributed by atoms with van der Waals surface area (Å²) in [6, 6.07) is 0. The number of aliphatic hydroxyl groups is 1. The Labute approximate surface area is 89.7 Å². The molecule has 0 rings (SSSR count). The number of rotatable bonds is 6. The maximum atomic E-state index is 12.3. The van der Waals surface area contributed by atoms with Crippen LogP contribution in [0.25, 0.3) is 0 Å². The molecule has 0 aliphatic heterocycles. The average Bonchev–Trinajstić information content (AvgIpc) is 2.09. The van der Waals surface area contributed by atoms with E-state index in [9.17, 15) is 18.0 Å². The van der Waals surface area contributed by atoms with Crippen molar-refractivity contribution in [1.29, 1.82) is 0 Å². The van der Waals surface area contributed by atoms with Crippen molar-refractivity contribution < 1.29 is 28.2 Å². The Kier molecular flexibility index (Phi) is 6.04. The van der Waals surface area contributed by atoms with Gasteiger partial charge in [0.25, 0.3) is 0 Å². The molecule has 0 spiro atoms. The third-order valence-corrected chi connectivity index (χ3v) is 3.22. The van der Waals surface area contributed by atoms with E-state index in [1.807, 2.05) is 0 Å². The first-order valence-corrected chi connectivity index (χ1v) is 5.33. The zero-order chi connectivity index (χ0) is 12.1. The largest absolute Gasteiger partial charge is 0.481 e. The zero-order valence-electron chi connectivity index (χ0n) is 8.12. The van der Waals surface area contributed by atoms with Crippen molar-refractivity contribution in [1.82, 2.24) is 0 Å². The first-order valence-electron chi connectivity index (χ1n) is 4.28. The SMILES string of the molecule is CC(CO)CSC(CC(=O)O)C(F)(F)F. The summed E-state index contributed by atoms with van der Waals surface area (Å²) in [6.45, 7) is 1.39. The van der Waals surface area contributed by atoms with Gasteiger partial charge in [0.15, 0.2) is 0 Å². The number of alkyl halides is 3. The van der Waals surface area contributed by atoms with Crippen LogP contribution in [0.1, 0.15) is 13.3 Å². The first-order chi connectivity index (χ1) is 6.77. The molecule has 0 aliphatic carbocycles. The Balaban J connectivity index is 4.20. The highest BCUT2D eigenvalue weighted by molar-refractivity contribution is 8.00. The number of halogens is 3. The van der Waals surface area contributed by atoms with Gasteiger partial charge in [-0.2, -0.15) is 13.2 Å². The van der Waals surface area contributed by atoms with E-state index in [0.717, 1.165) is 0 Å². The summed E-state index contributed by atoms with van der Waals surface area (Å²) in [4.78, 5) is 10.2. The van der Waals surface area contributed by atoms with Crippen LogP contribution in [0.5, 0.6) is 0 Å². The molecule has 7 heteroatoms. The lowest BCUT2D eigenvalue weighted by Crippen LogP contribution is -2.29. The Morgan fingerprint density at radius 2 is 2.00 bits per heavy atom. The van der Waals surface area contributed by atoms with Crippen molar-refractivity contribution in [3.8, 4) is 0 Å². The lowest BCUT2D eigenvalue weighted by atomic mass is 10.2. The van der Waals surface area contributed by atoms with E-state index in [2.05, 4.69) is 0 Å². The van der Waals surface area contributed by atoms with Gasteiger partial charge < -0.3 is 10.2 Å². The lowest BCUT2D eigenvalue weighted by Gasteiger charge is -2.19. The van der Waals surface area contributed by atoms with E-state index >= 15 is 0 Å². The number of hydrogen-bond acceptors (Lipinski definition) is 3. The van der Waals surface area contributed by atoms with Crippen molar-refractivity contribution in [2.24, 2.45) is 5.92 Å². The van der Waals surface area contributed by atoms with Crippen molar-refractivity contribution in [3.63, 3.8) is 0 Å². The van der Waals surface area contributed by atoms with E-state index in [1.165, 1.54) is 0 Å². The van der Waals surface area contributed by atoms with Gasteiger partial charge in [0.1, 0.15) is 5.25 Å². The molecule has 0 fully saturated rings. The van der Waals surface area contributed by atoms with Crippen LogP contribution in [0.4, 0.5) is 13.2 Å². The van der Waals surface area contributed by atoms with Crippen LogP contribution in [0.3, 0.4) is 0 Å². The molecule has 0 bridgehead atoms.